The average molecular weight is 427 g/mol. The molecule has 30 heavy (non-hydrogen) atoms. The molecule has 6 heteroatoms. The van der Waals surface area contributed by atoms with Crippen molar-refractivity contribution in [3.8, 4) is 11.3 Å². The average Bonchev–Trinajstić information content (AvgIpc) is 2.75. The van der Waals surface area contributed by atoms with E-state index >= 15 is 0 Å². The number of nitrogens with one attached hydrogen (secondary N) is 2. The Morgan fingerprint density at radius 1 is 1.10 bits per heavy atom. The van der Waals surface area contributed by atoms with Crippen LogP contribution in [0.2, 0.25) is 0 Å². The van der Waals surface area contributed by atoms with Crippen molar-refractivity contribution in [2.24, 2.45) is 5.41 Å². The van der Waals surface area contributed by atoms with Gasteiger partial charge in [-0.2, -0.15) is 0 Å². The SMILES string of the molecule is Cc1c(-c2ccccc2)oc2c(C(=O)NCC3(C)CCNCC3)cccc2c1=O.Cl. The largest absolute Gasteiger partial charge is 0.455 e. The van der Waals surface area contributed by atoms with E-state index in [1.165, 1.54) is 0 Å². The summed E-state index contributed by atoms with van der Waals surface area (Å²) in [6.45, 7) is 6.50. The van der Waals surface area contributed by atoms with E-state index in [0.29, 0.717) is 34.4 Å². The van der Waals surface area contributed by atoms with Crippen molar-refractivity contribution in [2.75, 3.05) is 19.6 Å². The van der Waals surface area contributed by atoms with Crippen LogP contribution in [0.25, 0.3) is 22.3 Å². The van der Waals surface area contributed by atoms with Crippen LogP contribution in [0.3, 0.4) is 0 Å². The third-order valence-electron chi connectivity index (χ3n) is 5.91. The summed E-state index contributed by atoms with van der Waals surface area (Å²) in [6, 6.07) is 14.7. The molecule has 4 rings (SSSR count). The molecule has 1 saturated heterocycles. The number of piperidine rings is 1. The molecule has 2 aromatic carbocycles. The Balaban J connectivity index is 0.00000256. The number of carbonyl (C=O) groups is 1. The Kier molecular flexibility index (Phi) is 6.64. The van der Waals surface area contributed by atoms with Gasteiger partial charge in [-0.1, -0.05) is 43.3 Å². The van der Waals surface area contributed by atoms with E-state index in [1.807, 2.05) is 30.3 Å². The summed E-state index contributed by atoms with van der Waals surface area (Å²) in [5, 5.41) is 6.85. The van der Waals surface area contributed by atoms with Gasteiger partial charge in [0.25, 0.3) is 5.91 Å². The zero-order valence-electron chi connectivity index (χ0n) is 17.3. The predicted octanol–water partition coefficient (Wildman–Crippen LogP) is 4.31. The molecular formula is C24H27ClN2O3. The first kappa shape index (κ1) is 22.1. The molecule has 1 aliphatic heterocycles. The number of para-hydroxylation sites is 1. The standard InChI is InChI=1S/C24H26N2O3.ClH/c1-16-20(27)18-9-6-10-19(22(18)29-21(16)17-7-4-3-5-8-17)23(28)26-15-24(2)11-13-25-14-12-24;/h3-10,25H,11-15H2,1-2H3,(H,26,28);1H. The van der Waals surface area contributed by atoms with Crippen molar-refractivity contribution in [1.29, 1.82) is 0 Å². The maximum absolute atomic E-state index is 13.0. The molecule has 158 valence electrons. The van der Waals surface area contributed by atoms with Crippen molar-refractivity contribution >= 4 is 29.3 Å². The highest BCUT2D eigenvalue weighted by Crippen LogP contribution is 2.29. The first-order chi connectivity index (χ1) is 14.0. The van der Waals surface area contributed by atoms with Crippen LogP contribution in [0, 0.1) is 12.3 Å². The summed E-state index contributed by atoms with van der Waals surface area (Å²) in [5.41, 5.74) is 2.08. The van der Waals surface area contributed by atoms with Crippen LogP contribution >= 0.6 is 12.4 Å². The van der Waals surface area contributed by atoms with Crippen LogP contribution in [-0.4, -0.2) is 25.5 Å². The number of carbonyl (C=O) groups excluding carboxylic acids is 1. The second-order valence-corrected chi connectivity index (χ2v) is 8.18. The second-order valence-electron chi connectivity index (χ2n) is 8.18. The minimum absolute atomic E-state index is 0. The Bertz CT molecular complexity index is 1100. The summed E-state index contributed by atoms with van der Waals surface area (Å²) in [5.74, 6) is 0.301. The van der Waals surface area contributed by atoms with Gasteiger partial charge in [0.1, 0.15) is 5.76 Å². The first-order valence-corrected chi connectivity index (χ1v) is 10.1. The molecule has 0 unspecified atom stereocenters. The predicted molar refractivity (Wildman–Crippen MR) is 122 cm³/mol. The minimum Gasteiger partial charge on any atom is -0.455 e. The number of halogens is 1. The first-order valence-electron chi connectivity index (χ1n) is 10.1. The van der Waals surface area contributed by atoms with Gasteiger partial charge in [-0.15, -0.1) is 12.4 Å². The molecule has 0 radical (unpaired) electrons. The lowest BCUT2D eigenvalue weighted by atomic mass is 9.81. The normalized spacial score (nSPS) is 15.4. The van der Waals surface area contributed by atoms with Crippen molar-refractivity contribution < 1.29 is 9.21 Å². The Labute approximate surface area is 182 Å². The third kappa shape index (κ3) is 4.27. The fourth-order valence-electron chi connectivity index (χ4n) is 3.95. The van der Waals surface area contributed by atoms with E-state index < -0.39 is 0 Å². The minimum atomic E-state index is -0.207. The summed E-state index contributed by atoms with van der Waals surface area (Å²) in [6.07, 6.45) is 2.05. The van der Waals surface area contributed by atoms with Crippen LogP contribution in [0.1, 0.15) is 35.7 Å². The Hall–Kier alpha value is -2.63. The number of benzene rings is 2. The molecular weight excluding hydrogens is 400 g/mol. The lowest BCUT2D eigenvalue weighted by Crippen LogP contribution is -2.42. The van der Waals surface area contributed by atoms with Gasteiger partial charge in [0.05, 0.1) is 10.9 Å². The van der Waals surface area contributed by atoms with Crippen LogP contribution < -0.4 is 16.1 Å². The van der Waals surface area contributed by atoms with Crippen LogP contribution in [-0.2, 0) is 0 Å². The fourth-order valence-corrected chi connectivity index (χ4v) is 3.95. The van der Waals surface area contributed by atoms with E-state index in [-0.39, 0.29) is 29.2 Å². The lowest BCUT2D eigenvalue weighted by Gasteiger charge is -2.34. The van der Waals surface area contributed by atoms with E-state index in [0.717, 1.165) is 31.5 Å². The zero-order chi connectivity index (χ0) is 20.4. The van der Waals surface area contributed by atoms with E-state index in [1.54, 1.807) is 25.1 Å². The molecule has 0 spiro atoms. The molecule has 1 amide bonds. The summed E-state index contributed by atoms with van der Waals surface area (Å²) >= 11 is 0. The highest BCUT2D eigenvalue weighted by Gasteiger charge is 2.28. The summed E-state index contributed by atoms with van der Waals surface area (Å²) in [4.78, 5) is 26.0. The molecule has 0 atom stereocenters. The highest BCUT2D eigenvalue weighted by atomic mass is 35.5. The number of hydrogen-bond acceptors (Lipinski definition) is 4. The number of hydrogen-bond donors (Lipinski definition) is 2. The molecule has 0 bridgehead atoms. The van der Waals surface area contributed by atoms with Crippen molar-refractivity contribution in [3.63, 3.8) is 0 Å². The molecule has 1 fully saturated rings. The molecule has 1 aromatic heterocycles. The molecule has 0 aliphatic carbocycles. The van der Waals surface area contributed by atoms with Gasteiger partial charge in [0.15, 0.2) is 11.0 Å². The van der Waals surface area contributed by atoms with E-state index in [4.69, 9.17) is 4.42 Å². The Morgan fingerprint density at radius 2 is 1.80 bits per heavy atom. The maximum Gasteiger partial charge on any atom is 0.255 e. The van der Waals surface area contributed by atoms with E-state index in [2.05, 4.69) is 17.6 Å². The second kappa shape index (κ2) is 9.02. The van der Waals surface area contributed by atoms with E-state index in [9.17, 15) is 9.59 Å². The van der Waals surface area contributed by atoms with Crippen LogP contribution in [0.4, 0.5) is 0 Å². The zero-order valence-corrected chi connectivity index (χ0v) is 18.1. The quantitative estimate of drug-likeness (QED) is 0.652. The molecule has 1 aliphatic rings. The smallest absolute Gasteiger partial charge is 0.255 e. The number of rotatable bonds is 4. The molecule has 3 aromatic rings. The van der Waals surface area contributed by atoms with Gasteiger partial charge in [0.2, 0.25) is 0 Å². The van der Waals surface area contributed by atoms with Gasteiger partial charge in [-0.05, 0) is 50.4 Å². The Morgan fingerprint density at radius 3 is 2.50 bits per heavy atom. The molecule has 5 nitrogen and oxygen atoms in total. The number of amides is 1. The van der Waals surface area contributed by atoms with Gasteiger partial charge in [0, 0.05) is 17.7 Å². The maximum atomic E-state index is 13.0. The van der Waals surface area contributed by atoms with Crippen molar-refractivity contribution in [2.45, 2.75) is 26.7 Å². The van der Waals surface area contributed by atoms with Gasteiger partial charge in [-0.3, -0.25) is 9.59 Å². The van der Waals surface area contributed by atoms with Gasteiger partial charge < -0.3 is 15.1 Å². The summed E-state index contributed by atoms with van der Waals surface area (Å²) in [7, 11) is 0. The molecule has 0 saturated carbocycles. The van der Waals surface area contributed by atoms with Gasteiger partial charge >= 0.3 is 0 Å². The number of fused-ring (bicyclic) bond motifs is 1. The van der Waals surface area contributed by atoms with Crippen molar-refractivity contribution in [1.82, 2.24) is 10.6 Å². The topological polar surface area (TPSA) is 71.3 Å². The molecule has 2 N–H and O–H groups in total. The van der Waals surface area contributed by atoms with Crippen LogP contribution in [0.5, 0.6) is 0 Å². The molecule has 2 heterocycles. The summed E-state index contributed by atoms with van der Waals surface area (Å²) < 4.78 is 6.16. The van der Waals surface area contributed by atoms with Crippen molar-refractivity contribution in [3.05, 3.63) is 69.9 Å². The van der Waals surface area contributed by atoms with Crippen LogP contribution in [0.15, 0.2) is 57.7 Å². The fraction of sp³-hybridized carbons (Fsp3) is 0.333. The highest BCUT2D eigenvalue weighted by molar-refractivity contribution is 6.05. The lowest BCUT2D eigenvalue weighted by molar-refractivity contribution is 0.0923. The monoisotopic (exact) mass is 426 g/mol. The van der Waals surface area contributed by atoms with Gasteiger partial charge in [-0.25, -0.2) is 0 Å². The third-order valence-corrected chi connectivity index (χ3v) is 5.91.